The van der Waals surface area contributed by atoms with Crippen molar-refractivity contribution in [2.75, 3.05) is 37.6 Å². The highest BCUT2D eigenvalue weighted by Gasteiger charge is 2.64. The predicted molar refractivity (Wildman–Crippen MR) is 130 cm³/mol. The van der Waals surface area contributed by atoms with E-state index in [1.807, 2.05) is 24.4 Å². The standard InChI is InChI=1S/C26H26F2N8/c27-18-1-3-22(28)21(13-18)26-14-17(26)5-9-35(26)24-6-10-36-25(31-24)20(15-30-36)23-4-2-19(32-33-23)16-34-11-7-29-8-12-34/h1-4,6,10,13,15,17,29H,5,7-9,11-12,14,16H2/t17-,26+/m0/s1. The topological polar surface area (TPSA) is 74.5 Å². The molecule has 4 aromatic rings. The Morgan fingerprint density at radius 1 is 1.03 bits per heavy atom. The third-order valence-electron chi connectivity index (χ3n) is 7.87. The van der Waals surface area contributed by atoms with E-state index in [0.717, 1.165) is 69.2 Å². The molecule has 3 aliphatic rings. The molecular weight excluding hydrogens is 462 g/mol. The molecule has 0 bridgehead atoms. The molecule has 2 saturated heterocycles. The lowest BCUT2D eigenvalue weighted by molar-refractivity contribution is 0.230. The number of fused-ring (bicyclic) bond motifs is 2. The Labute approximate surface area is 207 Å². The van der Waals surface area contributed by atoms with Crippen LogP contribution in [0.3, 0.4) is 0 Å². The fraction of sp³-hybridized carbons (Fsp3) is 0.385. The second-order valence-electron chi connectivity index (χ2n) is 9.94. The summed E-state index contributed by atoms with van der Waals surface area (Å²) in [5.41, 5.74) is 2.97. The van der Waals surface area contributed by atoms with Crippen molar-refractivity contribution in [1.82, 2.24) is 35.0 Å². The quantitative estimate of drug-likeness (QED) is 0.463. The number of hydrogen-bond acceptors (Lipinski definition) is 7. The highest BCUT2D eigenvalue weighted by molar-refractivity contribution is 5.75. The number of hydrogen-bond donors (Lipinski definition) is 1. The van der Waals surface area contributed by atoms with E-state index in [2.05, 4.69) is 30.4 Å². The summed E-state index contributed by atoms with van der Waals surface area (Å²) in [6.07, 6.45) is 5.33. The molecule has 2 atom stereocenters. The van der Waals surface area contributed by atoms with Crippen molar-refractivity contribution in [2.24, 2.45) is 5.92 Å². The van der Waals surface area contributed by atoms with Gasteiger partial charge in [0.1, 0.15) is 17.5 Å². The van der Waals surface area contributed by atoms with Crippen LogP contribution in [0.5, 0.6) is 0 Å². The van der Waals surface area contributed by atoms with Gasteiger partial charge in [-0.05, 0) is 55.2 Å². The van der Waals surface area contributed by atoms with Gasteiger partial charge in [0.2, 0.25) is 0 Å². The van der Waals surface area contributed by atoms with Gasteiger partial charge in [-0.3, -0.25) is 4.90 Å². The normalized spacial score (nSPS) is 23.8. The molecule has 0 unspecified atom stereocenters. The molecule has 7 rings (SSSR count). The number of nitrogens with one attached hydrogen (secondary N) is 1. The van der Waals surface area contributed by atoms with Gasteiger partial charge in [0.05, 0.1) is 28.7 Å². The Hall–Kier alpha value is -3.50. The zero-order valence-electron chi connectivity index (χ0n) is 19.7. The van der Waals surface area contributed by atoms with E-state index >= 15 is 0 Å². The molecule has 0 amide bonds. The minimum Gasteiger partial charge on any atom is -0.346 e. The van der Waals surface area contributed by atoms with Crippen molar-refractivity contribution in [3.63, 3.8) is 0 Å². The van der Waals surface area contributed by atoms with Crippen LogP contribution in [0, 0.1) is 17.6 Å². The SMILES string of the molecule is Fc1ccc(F)c([C@@]23C[C@@H]2CCN3c2ccn3ncc(-c4ccc(CN5CCNCC5)nn4)c3n2)c1. The van der Waals surface area contributed by atoms with E-state index in [1.54, 1.807) is 10.7 Å². The van der Waals surface area contributed by atoms with Gasteiger partial charge in [0.25, 0.3) is 0 Å². The molecule has 0 spiro atoms. The van der Waals surface area contributed by atoms with Gasteiger partial charge in [0.15, 0.2) is 5.65 Å². The van der Waals surface area contributed by atoms with E-state index < -0.39 is 11.4 Å². The Kier molecular flexibility index (Phi) is 5.00. The van der Waals surface area contributed by atoms with Gasteiger partial charge in [-0.25, -0.2) is 18.3 Å². The smallest absolute Gasteiger partial charge is 0.166 e. The average molecular weight is 489 g/mol. The van der Waals surface area contributed by atoms with Crippen molar-refractivity contribution >= 4 is 11.5 Å². The molecule has 0 radical (unpaired) electrons. The third kappa shape index (κ3) is 3.47. The largest absolute Gasteiger partial charge is 0.346 e. The fourth-order valence-electron chi connectivity index (χ4n) is 5.97. The molecule has 1 aliphatic carbocycles. The van der Waals surface area contributed by atoms with Gasteiger partial charge >= 0.3 is 0 Å². The highest BCUT2D eigenvalue weighted by Crippen LogP contribution is 2.63. The molecule has 1 N–H and O–H groups in total. The van der Waals surface area contributed by atoms with E-state index in [9.17, 15) is 8.78 Å². The van der Waals surface area contributed by atoms with Crippen molar-refractivity contribution in [2.45, 2.75) is 24.9 Å². The zero-order chi connectivity index (χ0) is 24.3. The second kappa shape index (κ2) is 8.28. The molecule has 10 heteroatoms. The van der Waals surface area contributed by atoms with Gasteiger partial charge in [-0.2, -0.15) is 15.3 Å². The number of rotatable bonds is 5. The molecule has 184 valence electrons. The summed E-state index contributed by atoms with van der Waals surface area (Å²) in [6.45, 7) is 5.51. The molecule has 3 aromatic heterocycles. The predicted octanol–water partition coefficient (Wildman–Crippen LogP) is 3.00. The van der Waals surface area contributed by atoms with Crippen LogP contribution in [-0.4, -0.2) is 62.4 Å². The van der Waals surface area contributed by atoms with Crippen molar-refractivity contribution in [3.8, 4) is 11.3 Å². The summed E-state index contributed by atoms with van der Waals surface area (Å²) in [6, 6.07) is 9.60. The minimum atomic E-state index is -0.539. The van der Waals surface area contributed by atoms with Crippen molar-refractivity contribution < 1.29 is 8.78 Å². The van der Waals surface area contributed by atoms with Crippen LogP contribution in [0.1, 0.15) is 24.1 Å². The molecule has 1 saturated carbocycles. The van der Waals surface area contributed by atoms with Gasteiger partial charge in [-0.1, -0.05) is 0 Å². The third-order valence-corrected chi connectivity index (χ3v) is 7.87. The maximum atomic E-state index is 14.8. The Bertz CT molecular complexity index is 1430. The van der Waals surface area contributed by atoms with Crippen LogP contribution in [0.4, 0.5) is 14.6 Å². The van der Waals surface area contributed by atoms with E-state index in [1.165, 1.54) is 18.2 Å². The lowest BCUT2D eigenvalue weighted by Crippen LogP contribution is -2.43. The number of nitrogens with zero attached hydrogens (tertiary/aromatic N) is 7. The highest BCUT2D eigenvalue weighted by atomic mass is 19.1. The lowest BCUT2D eigenvalue weighted by atomic mass is 10.0. The Balaban J connectivity index is 1.20. The number of anilines is 1. The molecule has 8 nitrogen and oxygen atoms in total. The first-order chi connectivity index (χ1) is 17.6. The summed E-state index contributed by atoms with van der Waals surface area (Å²) in [4.78, 5) is 9.43. The summed E-state index contributed by atoms with van der Waals surface area (Å²) < 4.78 is 30.6. The van der Waals surface area contributed by atoms with E-state index in [0.29, 0.717) is 22.8 Å². The fourth-order valence-corrected chi connectivity index (χ4v) is 5.97. The Morgan fingerprint density at radius 2 is 1.92 bits per heavy atom. The first kappa shape index (κ1) is 21.8. The zero-order valence-corrected chi connectivity index (χ0v) is 19.7. The maximum Gasteiger partial charge on any atom is 0.166 e. The van der Waals surface area contributed by atoms with Crippen LogP contribution in [0.2, 0.25) is 0 Å². The molecule has 2 aliphatic heterocycles. The van der Waals surface area contributed by atoms with Crippen LogP contribution in [0.15, 0.2) is 48.8 Å². The number of aromatic nitrogens is 5. The second-order valence-corrected chi connectivity index (χ2v) is 9.94. The van der Waals surface area contributed by atoms with Crippen molar-refractivity contribution in [3.05, 3.63) is 71.7 Å². The molecule has 1 aromatic carbocycles. The van der Waals surface area contributed by atoms with Crippen LogP contribution >= 0.6 is 0 Å². The first-order valence-electron chi connectivity index (χ1n) is 12.5. The van der Waals surface area contributed by atoms with E-state index in [4.69, 9.17) is 4.98 Å². The number of benzene rings is 1. The summed E-state index contributed by atoms with van der Waals surface area (Å²) in [5, 5.41) is 16.7. The summed E-state index contributed by atoms with van der Waals surface area (Å²) in [5.74, 6) is 0.244. The molecule has 3 fully saturated rings. The Morgan fingerprint density at radius 3 is 2.72 bits per heavy atom. The van der Waals surface area contributed by atoms with Crippen LogP contribution < -0.4 is 10.2 Å². The van der Waals surface area contributed by atoms with E-state index in [-0.39, 0.29) is 5.82 Å². The molecule has 5 heterocycles. The van der Waals surface area contributed by atoms with Crippen LogP contribution in [-0.2, 0) is 12.1 Å². The summed E-state index contributed by atoms with van der Waals surface area (Å²) >= 11 is 0. The van der Waals surface area contributed by atoms with Crippen molar-refractivity contribution in [1.29, 1.82) is 0 Å². The summed E-state index contributed by atoms with van der Waals surface area (Å²) in [7, 11) is 0. The average Bonchev–Trinajstić information content (AvgIpc) is 3.28. The number of piperidine rings is 1. The minimum absolute atomic E-state index is 0.297. The maximum absolute atomic E-state index is 14.8. The van der Waals surface area contributed by atoms with Crippen LogP contribution in [0.25, 0.3) is 16.9 Å². The lowest BCUT2D eigenvalue weighted by Gasteiger charge is -2.30. The monoisotopic (exact) mass is 488 g/mol. The number of piperazine rings is 1. The molecule has 36 heavy (non-hydrogen) atoms. The first-order valence-corrected chi connectivity index (χ1v) is 12.5. The number of halogens is 2. The van der Waals surface area contributed by atoms with Gasteiger partial charge in [0, 0.05) is 51.0 Å². The molecular formula is C26H26F2N8. The van der Waals surface area contributed by atoms with Gasteiger partial charge < -0.3 is 10.2 Å². The van der Waals surface area contributed by atoms with Gasteiger partial charge in [-0.15, -0.1) is 0 Å².